The van der Waals surface area contributed by atoms with Gasteiger partial charge in [0.15, 0.2) is 0 Å². The van der Waals surface area contributed by atoms with E-state index in [1.54, 1.807) is 0 Å². The summed E-state index contributed by atoms with van der Waals surface area (Å²) in [5.41, 5.74) is 4.78. The van der Waals surface area contributed by atoms with Crippen molar-refractivity contribution in [3.63, 3.8) is 0 Å². The summed E-state index contributed by atoms with van der Waals surface area (Å²) in [6.07, 6.45) is -6.76. The molecule has 0 amide bonds. The normalized spacial score (nSPS) is 13.9. The molecule has 0 spiro atoms. The molecule has 0 fully saturated rings. The molecule has 23 heavy (non-hydrogen) atoms. The summed E-state index contributed by atoms with van der Waals surface area (Å²) in [7, 11) is -6.37. The van der Waals surface area contributed by atoms with Gasteiger partial charge in [-0.15, -0.1) is 0 Å². The van der Waals surface area contributed by atoms with Crippen LogP contribution in [-0.2, 0) is 9.84 Å². The van der Waals surface area contributed by atoms with Crippen molar-refractivity contribution in [1.29, 1.82) is 0 Å². The van der Waals surface area contributed by atoms with Gasteiger partial charge in [-0.3, -0.25) is 0 Å². The molecule has 0 aliphatic heterocycles. The highest BCUT2D eigenvalue weighted by atomic mass is 32.2. The Morgan fingerprint density at radius 3 is 2.00 bits per heavy atom. The lowest BCUT2D eigenvalue weighted by Crippen LogP contribution is -2.55. The van der Waals surface area contributed by atoms with Crippen LogP contribution in [0.4, 0.5) is 36.4 Å². The van der Waals surface area contributed by atoms with E-state index in [2.05, 4.69) is 0 Å². The van der Waals surface area contributed by atoms with Crippen LogP contribution in [0.25, 0.3) is 0 Å². The number of alkyl halides is 7. The summed E-state index contributed by atoms with van der Waals surface area (Å²) < 4.78 is 117. The summed E-state index contributed by atoms with van der Waals surface area (Å²) in [4.78, 5) is -1.49. The van der Waals surface area contributed by atoms with E-state index in [9.17, 15) is 39.2 Å². The lowest BCUT2D eigenvalue weighted by atomic mass is 10.3. The van der Waals surface area contributed by atoms with Crippen molar-refractivity contribution in [3.05, 3.63) is 18.2 Å². The molecule has 4 nitrogen and oxygen atoms in total. The SMILES string of the molecule is CCOc1ccc(S(=O)(=O)C(F)(F)C(F)(F)C(F)(F)F)cc1N. The fourth-order valence-corrected chi connectivity index (χ4v) is 2.74. The zero-order valence-electron chi connectivity index (χ0n) is 11.3. The van der Waals surface area contributed by atoms with Crippen LogP contribution in [0.1, 0.15) is 6.92 Å². The first kappa shape index (κ1) is 19.3. The number of benzene rings is 1. The van der Waals surface area contributed by atoms with Gasteiger partial charge in [0, 0.05) is 0 Å². The highest BCUT2D eigenvalue weighted by Gasteiger charge is 2.78. The fraction of sp³-hybridized carbons (Fsp3) is 0.455. The van der Waals surface area contributed by atoms with Crippen molar-refractivity contribution in [2.75, 3.05) is 12.3 Å². The Morgan fingerprint density at radius 2 is 1.61 bits per heavy atom. The predicted molar refractivity (Wildman–Crippen MR) is 65.2 cm³/mol. The van der Waals surface area contributed by atoms with E-state index in [4.69, 9.17) is 10.5 Å². The molecule has 1 aromatic rings. The maximum atomic E-state index is 13.4. The first-order valence-electron chi connectivity index (χ1n) is 5.79. The number of sulfone groups is 1. The van der Waals surface area contributed by atoms with Crippen molar-refractivity contribution in [3.8, 4) is 5.75 Å². The second kappa shape index (κ2) is 5.73. The topological polar surface area (TPSA) is 69.4 Å². The highest BCUT2D eigenvalue weighted by molar-refractivity contribution is 7.92. The van der Waals surface area contributed by atoms with Gasteiger partial charge >= 0.3 is 17.4 Å². The Hall–Kier alpha value is -1.72. The molecule has 0 unspecified atom stereocenters. The van der Waals surface area contributed by atoms with Crippen LogP contribution in [0.15, 0.2) is 23.1 Å². The van der Waals surface area contributed by atoms with Gasteiger partial charge in [-0.05, 0) is 25.1 Å². The first-order valence-corrected chi connectivity index (χ1v) is 7.27. The van der Waals surface area contributed by atoms with Gasteiger partial charge in [-0.25, -0.2) is 8.42 Å². The fourth-order valence-electron chi connectivity index (χ4n) is 1.46. The lowest BCUT2D eigenvalue weighted by Gasteiger charge is -2.27. The van der Waals surface area contributed by atoms with Gasteiger partial charge in [0.05, 0.1) is 17.2 Å². The number of anilines is 1. The third kappa shape index (κ3) is 3.03. The van der Waals surface area contributed by atoms with Gasteiger partial charge in [0.2, 0.25) is 9.84 Å². The average Bonchev–Trinajstić information content (AvgIpc) is 2.39. The second-order valence-corrected chi connectivity index (χ2v) is 6.22. The molecule has 0 radical (unpaired) electrons. The molecular formula is C11H10F7NO3S. The zero-order valence-corrected chi connectivity index (χ0v) is 12.1. The molecule has 0 heterocycles. The molecule has 0 aliphatic carbocycles. The molecule has 2 N–H and O–H groups in total. The molecule has 12 heteroatoms. The molecule has 0 atom stereocenters. The quantitative estimate of drug-likeness (QED) is 0.639. The maximum Gasteiger partial charge on any atom is 0.461 e. The van der Waals surface area contributed by atoms with Crippen LogP contribution < -0.4 is 10.5 Å². The van der Waals surface area contributed by atoms with Gasteiger partial charge < -0.3 is 10.5 Å². The molecule has 0 saturated carbocycles. The Balaban J connectivity index is 3.44. The van der Waals surface area contributed by atoms with E-state index < -0.39 is 37.8 Å². The van der Waals surface area contributed by atoms with E-state index in [1.165, 1.54) is 6.92 Å². The monoisotopic (exact) mass is 369 g/mol. The van der Waals surface area contributed by atoms with Crippen molar-refractivity contribution in [2.45, 2.75) is 29.2 Å². The summed E-state index contributed by atoms with van der Waals surface area (Å²) in [5, 5.41) is -6.42. The van der Waals surface area contributed by atoms with Crippen molar-refractivity contribution >= 4 is 15.5 Å². The number of ether oxygens (including phenoxy) is 1. The molecule has 1 aromatic carbocycles. The molecule has 1 rings (SSSR count). The number of nitrogens with two attached hydrogens (primary N) is 1. The number of hydrogen-bond donors (Lipinski definition) is 1. The van der Waals surface area contributed by atoms with Crippen molar-refractivity contribution in [2.24, 2.45) is 0 Å². The summed E-state index contributed by atoms with van der Waals surface area (Å²) in [6.45, 7) is 1.58. The minimum Gasteiger partial charge on any atom is -0.492 e. The van der Waals surface area contributed by atoms with Gasteiger partial charge in [-0.1, -0.05) is 0 Å². The maximum absolute atomic E-state index is 13.4. The number of nitrogen functional groups attached to an aromatic ring is 1. The first-order chi connectivity index (χ1) is 10.2. The largest absolute Gasteiger partial charge is 0.492 e. The Kier molecular flexibility index (Phi) is 4.81. The molecule has 132 valence electrons. The van der Waals surface area contributed by atoms with Crippen molar-refractivity contribution < 1.29 is 43.9 Å². The average molecular weight is 369 g/mol. The van der Waals surface area contributed by atoms with Gasteiger partial charge in [0.25, 0.3) is 0 Å². The third-order valence-electron chi connectivity index (χ3n) is 2.65. The predicted octanol–water partition coefficient (Wildman–Crippen LogP) is 3.23. The van der Waals surface area contributed by atoms with Gasteiger partial charge in [-0.2, -0.15) is 30.7 Å². The summed E-state index contributed by atoms with van der Waals surface area (Å²) in [5.74, 6) is -6.93. The second-order valence-electron chi connectivity index (χ2n) is 4.23. The van der Waals surface area contributed by atoms with Crippen LogP contribution >= 0.6 is 0 Å². The Morgan fingerprint density at radius 1 is 1.09 bits per heavy atom. The Labute approximate surface area is 125 Å². The molecule has 0 saturated heterocycles. The minimum atomic E-state index is -6.79. The van der Waals surface area contributed by atoms with E-state index in [0.29, 0.717) is 12.1 Å². The number of halogens is 7. The highest BCUT2D eigenvalue weighted by Crippen LogP contribution is 2.51. The number of hydrogen-bond acceptors (Lipinski definition) is 4. The molecule has 0 aliphatic rings. The summed E-state index contributed by atoms with van der Waals surface area (Å²) >= 11 is 0. The van der Waals surface area contributed by atoms with E-state index >= 15 is 0 Å². The van der Waals surface area contributed by atoms with Crippen LogP contribution in [0, 0.1) is 0 Å². The lowest BCUT2D eigenvalue weighted by molar-refractivity contribution is -0.332. The van der Waals surface area contributed by atoms with Crippen molar-refractivity contribution in [1.82, 2.24) is 0 Å². The van der Waals surface area contributed by atoms with E-state index in [-0.39, 0.29) is 12.4 Å². The third-order valence-corrected chi connectivity index (χ3v) is 4.46. The minimum absolute atomic E-state index is 0.0681. The smallest absolute Gasteiger partial charge is 0.461 e. The van der Waals surface area contributed by atoms with Crippen LogP contribution in [0.5, 0.6) is 5.75 Å². The molecular weight excluding hydrogens is 359 g/mol. The van der Waals surface area contributed by atoms with Crippen LogP contribution in [-0.4, -0.2) is 32.4 Å². The van der Waals surface area contributed by atoms with Crippen LogP contribution in [0.2, 0.25) is 0 Å². The van der Waals surface area contributed by atoms with E-state index in [1.807, 2.05) is 0 Å². The summed E-state index contributed by atoms with van der Waals surface area (Å²) in [6, 6.07) is 1.49. The zero-order chi connectivity index (χ0) is 18.3. The van der Waals surface area contributed by atoms with Gasteiger partial charge in [0.1, 0.15) is 5.75 Å². The standard InChI is InChI=1S/C11H10F7NO3S/c1-2-22-8-4-3-6(5-7(8)19)23(20,21)11(17,18)9(12,13)10(14,15)16/h3-5H,2,19H2,1H3. The molecule has 0 bridgehead atoms. The van der Waals surface area contributed by atoms with Crippen LogP contribution in [0.3, 0.4) is 0 Å². The Bertz CT molecular complexity index is 685. The van der Waals surface area contributed by atoms with E-state index in [0.717, 1.165) is 6.07 Å². The molecule has 0 aromatic heterocycles. The number of rotatable bonds is 5.